The minimum absolute atomic E-state index is 0. The van der Waals surface area contributed by atoms with Crippen LogP contribution in [0, 0.1) is 5.92 Å². The van der Waals surface area contributed by atoms with E-state index in [9.17, 15) is 23.1 Å². The van der Waals surface area contributed by atoms with Gasteiger partial charge in [-0.2, -0.15) is 13.2 Å². The van der Waals surface area contributed by atoms with Gasteiger partial charge < -0.3 is 9.90 Å². The van der Waals surface area contributed by atoms with Gasteiger partial charge in [0.2, 0.25) is 0 Å². The molecule has 0 radical (unpaired) electrons. The van der Waals surface area contributed by atoms with Gasteiger partial charge >= 0.3 is 35.7 Å². The molecule has 0 aromatic rings. The molecule has 0 amide bonds. The molecule has 102 valence electrons. The van der Waals surface area contributed by atoms with Gasteiger partial charge in [-0.15, -0.1) is 0 Å². The molecule has 0 aliphatic rings. The summed E-state index contributed by atoms with van der Waals surface area (Å²) in [5.41, 5.74) is 0. The van der Waals surface area contributed by atoms with Crippen molar-refractivity contribution < 1.29 is 52.6 Å². The van der Waals surface area contributed by atoms with Gasteiger partial charge in [0, 0.05) is 12.4 Å². The Hall–Kier alpha value is 0.260. The largest absolute Gasteiger partial charge is 1.00 e. The summed E-state index contributed by atoms with van der Waals surface area (Å²) in [5, 5.41) is 10.7. The summed E-state index contributed by atoms with van der Waals surface area (Å²) >= 11 is 0. The van der Waals surface area contributed by atoms with E-state index in [1.54, 1.807) is 0 Å². The van der Waals surface area contributed by atoms with Gasteiger partial charge in [0.05, 0.1) is 0 Å². The molecule has 0 saturated carbocycles. The van der Waals surface area contributed by atoms with Crippen molar-refractivity contribution in [2.75, 3.05) is 0 Å². The van der Waals surface area contributed by atoms with Crippen molar-refractivity contribution in [2.24, 2.45) is 5.92 Å². The third kappa shape index (κ3) is 12.7. The molecule has 0 aromatic carbocycles. The number of alkyl halides is 3. The predicted octanol–water partition coefficient (Wildman–Crippen LogP) is 0.0595. The molecule has 0 N–H and O–H groups in total. The topological polar surface area (TPSA) is 40.1 Å². The zero-order chi connectivity index (χ0) is 13.3. The van der Waals surface area contributed by atoms with Crippen LogP contribution in [-0.2, 0) is 4.79 Å². The number of carbonyl (C=O) groups is 1. The Morgan fingerprint density at radius 3 is 2.11 bits per heavy atom. The number of hydrogen-bond acceptors (Lipinski definition) is 2. The molecule has 6 heteroatoms. The molecule has 0 aromatic heterocycles. The predicted molar refractivity (Wildman–Crippen MR) is 57.2 cm³/mol. The van der Waals surface area contributed by atoms with Crippen molar-refractivity contribution in [1.29, 1.82) is 0 Å². The van der Waals surface area contributed by atoms with Crippen LogP contribution in [0.2, 0.25) is 0 Å². The second kappa shape index (κ2) is 11.1. The summed E-state index contributed by atoms with van der Waals surface area (Å²) in [5.74, 6) is -1.48. The number of carboxylic acids is 1. The zero-order valence-corrected chi connectivity index (χ0v) is 13.2. The van der Waals surface area contributed by atoms with Crippen molar-refractivity contribution in [3.8, 4) is 0 Å². The maximum absolute atomic E-state index is 11.8. The number of carbonyl (C=O) groups excluding carboxylic acids is 1. The Bertz CT molecular complexity index is 220. The van der Waals surface area contributed by atoms with Gasteiger partial charge in [-0.05, 0) is 25.2 Å². The zero-order valence-electron chi connectivity index (χ0n) is 11.2. The molecule has 1 atom stereocenters. The average Bonchev–Trinajstić information content (AvgIpc) is 2.19. The molecule has 0 rings (SSSR count). The van der Waals surface area contributed by atoms with Crippen molar-refractivity contribution in [1.82, 2.24) is 0 Å². The second-order valence-electron chi connectivity index (χ2n) is 4.37. The maximum Gasteiger partial charge on any atom is 1.00 e. The summed E-state index contributed by atoms with van der Waals surface area (Å²) < 4.78 is 35.4. The van der Waals surface area contributed by atoms with Crippen molar-refractivity contribution >= 4 is 5.97 Å². The maximum atomic E-state index is 11.8. The molecule has 0 aliphatic heterocycles. The van der Waals surface area contributed by atoms with Crippen LogP contribution in [0.4, 0.5) is 13.2 Å². The van der Waals surface area contributed by atoms with Gasteiger partial charge in [0.25, 0.3) is 0 Å². The van der Waals surface area contributed by atoms with E-state index >= 15 is 0 Å². The molecule has 0 fully saturated rings. The van der Waals surface area contributed by atoms with E-state index in [4.69, 9.17) is 0 Å². The molecule has 1 unspecified atom stereocenters. The van der Waals surface area contributed by atoms with Crippen LogP contribution >= 0.6 is 0 Å². The minimum Gasteiger partial charge on any atom is -0.550 e. The van der Waals surface area contributed by atoms with Gasteiger partial charge in [-0.1, -0.05) is 32.6 Å². The molecule has 0 spiro atoms. The Morgan fingerprint density at radius 1 is 1.11 bits per heavy atom. The number of unbranched alkanes of at least 4 members (excludes halogenated alkanes) is 3. The Morgan fingerprint density at radius 2 is 1.67 bits per heavy atom. The normalized spacial score (nSPS) is 12.9. The molecule has 2 nitrogen and oxygen atoms in total. The first-order chi connectivity index (χ1) is 7.87. The van der Waals surface area contributed by atoms with Crippen LogP contribution in [0.1, 0.15) is 58.3 Å². The average molecular weight is 276 g/mol. The standard InChI is InChI=1S/C12H21F3O2.Na/c1-2-7-10(11(16)17)8-5-3-4-6-9-12(13,14)15;/h10H,2-9H2,1H3,(H,16,17);/q;+1/p-1. The molecule has 0 heterocycles. The number of rotatable bonds is 9. The number of carboxylic acid groups (broad SMARTS) is 1. The van der Waals surface area contributed by atoms with E-state index in [0.717, 1.165) is 6.42 Å². The van der Waals surface area contributed by atoms with Gasteiger partial charge in [-0.3, -0.25) is 0 Å². The van der Waals surface area contributed by atoms with Gasteiger partial charge in [0.15, 0.2) is 0 Å². The Labute approximate surface area is 129 Å². The van der Waals surface area contributed by atoms with Crippen LogP contribution in [0.5, 0.6) is 0 Å². The van der Waals surface area contributed by atoms with Crippen LogP contribution in [0.15, 0.2) is 0 Å². The monoisotopic (exact) mass is 276 g/mol. The SMILES string of the molecule is CCCC(CCCCCCC(F)(F)F)C(=O)[O-].[Na+]. The smallest absolute Gasteiger partial charge is 0.550 e. The van der Waals surface area contributed by atoms with Crippen LogP contribution in [-0.4, -0.2) is 12.1 Å². The van der Waals surface area contributed by atoms with E-state index in [0.29, 0.717) is 32.1 Å². The fourth-order valence-corrected chi connectivity index (χ4v) is 1.80. The molecular weight excluding hydrogens is 256 g/mol. The fraction of sp³-hybridized carbons (Fsp3) is 0.917. The van der Waals surface area contributed by atoms with E-state index in [1.165, 1.54) is 0 Å². The summed E-state index contributed by atoms with van der Waals surface area (Å²) in [4.78, 5) is 10.7. The number of hydrogen-bond donors (Lipinski definition) is 0. The van der Waals surface area contributed by atoms with Crippen molar-refractivity contribution in [3.63, 3.8) is 0 Å². The summed E-state index contributed by atoms with van der Waals surface area (Å²) in [6.07, 6.45) is -0.972. The number of halogens is 3. The van der Waals surface area contributed by atoms with Gasteiger partial charge in [-0.25, -0.2) is 0 Å². The molecule has 0 aliphatic carbocycles. The fourth-order valence-electron chi connectivity index (χ4n) is 1.80. The quantitative estimate of drug-likeness (QED) is 0.441. The van der Waals surface area contributed by atoms with E-state index in [2.05, 4.69) is 0 Å². The van der Waals surface area contributed by atoms with Crippen molar-refractivity contribution in [2.45, 2.75) is 64.5 Å². The molecule has 0 saturated heterocycles. The summed E-state index contributed by atoms with van der Waals surface area (Å²) in [6.45, 7) is 1.90. The number of aliphatic carboxylic acids is 1. The van der Waals surface area contributed by atoms with Crippen molar-refractivity contribution in [3.05, 3.63) is 0 Å². The third-order valence-electron chi connectivity index (χ3n) is 2.73. The molecule has 18 heavy (non-hydrogen) atoms. The van der Waals surface area contributed by atoms with Crippen LogP contribution < -0.4 is 34.7 Å². The van der Waals surface area contributed by atoms with E-state index < -0.39 is 24.5 Å². The van der Waals surface area contributed by atoms with Gasteiger partial charge in [0.1, 0.15) is 0 Å². The first-order valence-electron chi connectivity index (χ1n) is 6.14. The minimum atomic E-state index is -4.07. The van der Waals surface area contributed by atoms with Crippen LogP contribution in [0.3, 0.4) is 0 Å². The van der Waals surface area contributed by atoms with E-state index in [1.807, 2.05) is 6.92 Å². The summed E-state index contributed by atoms with van der Waals surface area (Å²) in [6, 6.07) is 0. The Kier molecular flexibility index (Phi) is 12.7. The third-order valence-corrected chi connectivity index (χ3v) is 2.73. The summed E-state index contributed by atoms with van der Waals surface area (Å²) in [7, 11) is 0. The molecule has 0 bridgehead atoms. The Balaban J connectivity index is 0. The first kappa shape index (κ1) is 20.6. The van der Waals surface area contributed by atoms with Crippen LogP contribution in [0.25, 0.3) is 0 Å². The molecular formula is C12H20F3NaO2. The first-order valence-corrected chi connectivity index (χ1v) is 6.14. The van der Waals surface area contributed by atoms with E-state index in [-0.39, 0.29) is 36.0 Å². The second-order valence-corrected chi connectivity index (χ2v) is 4.37.